The predicted molar refractivity (Wildman–Crippen MR) is 94.6 cm³/mol. The van der Waals surface area contributed by atoms with Crippen LogP contribution >= 0.6 is 0 Å². The average molecular weight is 361 g/mol. The molecule has 2 amide bonds. The lowest BCUT2D eigenvalue weighted by Gasteiger charge is -2.07. The fraction of sp³-hybridized carbons (Fsp3) is 0.176. The highest BCUT2D eigenvalue weighted by Gasteiger charge is 2.08. The predicted octanol–water partition coefficient (Wildman–Crippen LogP) is 1.26. The molecule has 0 heterocycles. The third-order valence-electron chi connectivity index (χ3n) is 3.42. The fourth-order valence-corrected chi connectivity index (χ4v) is 2.69. The molecule has 0 bridgehead atoms. The van der Waals surface area contributed by atoms with E-state index in [1.807, 2.05) is 0 Å². The fourth-order valence-electron chi connectivity index (χ4n) is 2.18. The third kappa shape index (κ3) is 5.70. The number of nitrogens with two attached hydrogens (primary N) is 1. The number of anilines is 1. The van der Waals surface area contributed by atoms with Gasteiger partial charge in [-0.05, 0) is 48.4 Å². The van der Waals surface area contributed by atoms with Crippen molar-refractivity contribution in [3.05, 3.63) is 59.7 Å². The lowest BCUT2D eigenvalue weighted by molar-refractivity contribution is -0.114. The van der Waals surface area contributed by atoms with Crippen LogP contribution in [0.2, 0.25) is 0 Å². The van der Waals surface area contributed by atoms with Crippen LogP contribution < -0.4 is 15.8 Å². The van der Waals surface area contributed by atoms with Gasteiger partial charge in [-0.2, -0.15) is 0 Å². The molecule has 2 aromatic carbocycles. The Bertz CT molecular complexity index is 860. The van der Waals surface area contributed by atoms with E-state index in [-0.39, 0.29) is 16.7 Å². The monoisotopic (exact) mass is 361 g/mol. The molecule has 0 unspecified atom stereocenters. The average Bonchev–Trinajstić information content (AvgIpc) is 2.54. The Morgan fingerprint density at radius 3 is 2.12 bits per heavy atom. The van der Waals surface area contributed by atoms with E-state index in [2.05, 4.69) is 10.6 Å². The zero-order valence-electron chi connectivity index (χ0n) is 13.7. The first kappa shape index (κ1) is 18.6. The topological polar surface area (TPSA) is 118 Å². The van der Waals surface area contributed by atoms with Gasteiger partial charge in [-0.25, -0.2) is 13.6 Å². The molecule has 25 heavy (non-hydrogen) atoms. The van der Waals surface area contributed by atoms with E-state index >= 15 is 0 Å². The summed E-state index contributed by atoms with van der Waals surface area (Å²) in [6.07, 6.45) is 0.556. The zero-order valence-corrected chi connectivity index (χ0v) is 14.5. The van der Waals surface area contributed by atoms with Crippen LogP contribution in [0.15, 0.2) is 53.4 Å². The lowest BCUT2D eigenvalue weighted by atomic mass is 10.1. The van der Waals surface area contributed by atoms with Crippen molar-refractivity contribution in [1.29, 1.82) is 0 Å². The normalized spacial score (nSPS) is 11.0. The van der Waals surface area contributed by atoms with Crippen molar-refractivity contribution >= 4 is 27.5 Å². The molecule has 0 aliphatic heterocycles. The number of carbonyl (C=O) groups excluding carboxylic acids is 2. The Morgan fingerprint density at radius 2 is 1.60 bits per heavy atom. The first-order valence-electron chi connectivity index (χ1n) is 7.53. The molecule has 4 N–H and O–H groups in total. The molecule has 2 aromatic rings. The van der Waals surface area contributed by atoms with Crippen molar-refractivity contribution in [2.75, 3.05) is 11.9 Å². The van der Waals surface area contributed by atoms with Crippen molar-refractivity contribution in [1.82, 2.24) is 5.32 Å². The minimum Gasteiger partial charge on any atom is -0.352 e. The van der Waals surface area contributed by atoms with Crippen LogP contribution in [0.5, 0.6) is 0 Å². The molecular formula is C17H19N3O4S. The summed E-state index contributed by atoms with van der Waals surface area (Å²) < 4.78 is 22.4. The number of primary sulfonamides is 1. The first-order chi connectivity index (χ1) is 11.8. The molecule has 8 heteroatoms. The highest BCUT2D eigenvalue weighted by molar-refractivity contribution is 7.89. The first-order valence-corrected chi connectivity index (χ1v) is 9.08. The van der Waals surface area contributed by atoms with Gasteiger partial charge >= 0.3 is 0 Å². The van der Waals surface area contributed by atoms with Gasteiger partial charge in [0.25, 0.3) is 5.91 Å². The Morgan fingerprint density at radius 1 is 1.00 bits per heavy atom. The summed E-state index contributed by atoms with van der Waals surface area (Å²) in [7, 11) is -3.70. The van der Waals surface area contributed by atoms with Crippen molar-refractivity contribution in [3.63, 3.8) is 0 Å². The van der Waals surface area contributed by atoms with Crippen LogP contribution in [-0.4, -0.2) is 26.8 Å². The minimum absolute atomic E-state index is 0.0551. The Labute approximate surface area is 146 Å². The molecule has 132 valence electrons. The summed E-state index contributed by atoms with van der Waals surface area (Å²) in [6, 6.07) is 12.8. The van der Waals surface area contributed by atoms with Gasteiger partial charge in [0.05, 0.1) is 4.90 Å². The summed E-state index contributed by atoms with van der Waals surface area (Å²) in [6.45, 7) is 1.82. The van der Waals surface area contributed by atoms with E-state index in [9.17, 15) is 18.0 Å². The Balaban J connectivity index is 1.87. The molecule has 0 fully saturated rings. The summed E-state index contributed by atoms with van der Waals surface area (Å²) >= 11 is 0. The molecule has 7 nitrogen and oxygen atoms in total. The summed E-state index contributed by atoms with van der Waals surface area (Å²) in [5.74, 6) is -0.402. The Hall–Kier alpha value is -2.71. The van der Waals surface area contributed by atoms with Crippen LogP contribution in [0, 0.1) is 0 Å². The van der Waals surface area contributed by atoms with E-state index in [4.69, 9.17) is 5.14 Å². The molecule has 0 radical (unpaired) electrons. The summed E-state index contributed by atoms with van der Waals surface area (Å²) in [4.78, 5) is 23.1. The molecule has 0 aliphatic carbocycles. The van der Waals surface area contributed by atoms with Crippen molar-refractivity contribution in [2.24, 2.45) is 5.14 Å². The lowest BCUT2D eigenvalue weighted by Crippen LogP contribution is -2.25. The third-order valence-corrected chi connectivity index (χ3v) is 4.35. The maximum absolute atomic E-state index is 12.1. The van der Waals surface area contributed by atoms with Gasteiger partial charge in [0.1, 0.15) is 0 Å². The molecule has 0 saturated heterocycles. The van der Waals surface area contributed by atoms with Gasteiger partial charge in [-0.15, -0.1) is 0 Å². The van der Waals surface area contributed by atoms with Gasteiger partial charge in [0, 0.05) is 24.7 Å². The van der Waals surface area contributed by atoms with Crippen molar-refractivity contribution in [3.8, 4) is 0 Å². The quantitative estimate of drug-likeness (QED) is 0.718. The maximum atomic E-state index is 12.1. The van der Waals surface area contributed by atoms with Gasteiger partial charge < -0.3 is 10.6 Å². The van der Waals surface area contributed by atoms with Crippen LogP contribution in [0.1, 0.15) is 22.8 Å². The van der Waals surface area contributed by atoms with Gasteiger partial charge in [0.15, 0.2) is 0 Å². The van der Waals surface area contributed by atoms with E-state index in [1.165, 1.54) is 19.1 Å². The van der Waals surface area contributed by atoms with E-state index in [1.54, 1.807) is 36.4 Å². The maximum Gasteiger partial charge on any atom is 0.251 e. The molecule has 2 rings (SSSR count). The van der Waals surface area contributed by atoms with Gasteiger partial charge in [0.2, 0.25) is 15.9 Å². The summed E-state index contributed by atoms with van der Waals surface area (Å²) in [5.41, 5.74) is 1.99. The standard InChI is InChI=1S/C17H19N3O4S/c1-12(21)20-15-6-4-14(5-7-15)17(22)19-11-10-13-2-8-16(9-3-13)25(18,23)24/h2-9H,10-11H2,1H3,(H,19,22)(H,20,21)(H2,18,23,24). The zero-order chi connectivity index (χ0) is 18.4. The number of carbonyl (C=O) groups is 2. The molecular weight excluding hydrogens is 342 g/mol. The van der Waals surface area contributed by atoms with Crippen LogP contribution in [0.3, 0.4) is 0 Å². The molecule has 0 saturated carbocycles. The van der Waals surface area contributed by atoms with Crippen LogP contribution in [0.25, 0.3) is 0 Å². The van der Waals surface area contributed by atoms with Crippen molar-refractivity contribution in [2.45, 2.75) is 18.2 Å². The molecule has 0 atom stereocenters. The van der Waals surface area contributed by atoms with Gasteiger partial charge in [-0.3, -0.25) is 9.59 Å². The van der Waals surface area contributed by atoms with Crippen LogP contribution in [0.4, 0.5) is 5.69 Å². The number of nitrogens with one attached hydrogen (secondary N) is 2. The van der Waals surface area contributed by atoms with E-state index in [0.717, 1.165) is 5.56 Å². The number of hydrogen-bond acceptors (Lipinski definition) is 4. The molecule has 0 aromatic heterocycles. The highest BCUT2D eigenvalue weighted by atomic mass is 32.2. The highest BCUT2D eigenvalue weighted by Crippen LogP contribution is 2.10. The van der Waals surface area contributed by atoms with Crippen LogP contribution in [-0.2, 0) is 21.2 Å². The second-order valence-corrected chi connectivity index (χ2v) is 7.01. The van der Waals surface area contributed by atoms with Crippen molar-refractivity contribution < 1.29 is 18.0 Å². The van der Waals surface area contributed by atoms with E-state index in [0.29, 0.717) is 24.2 Å². The number of sulfonamides is 1. The molecule has 0 aliphatic rings. The summed E-state index contributed by atoms with van der Waals surface area (Å²) in [5, 5.41) is 10.5. The number of benzene rings is 2. The second kappa shape index (κ2) is 7.91. The number of hydrogen-bond donors (Lipinski definition) is 3. The molecule has 0 spiro atoms. The second-order valence-electron chi connectivity index (χ2n) is 5.45. The SMILES string of the molecule is CC(=O)Nc1ccc(C(=O)NCCc2ccc(S(N)(=O)=O)cc2)cc1. The minimum atomic E-state index is -3.70. The van der Waals surface area contributed by atoms with E-state index < -0.39 is 10.0 Å². The number of amides is 2. The Kier molecular flexibility index (Phi) is 5.89. The smallest absolute Gasteiger partial charge is 0.251 e. The largest absolute Gasteiger partial charge is 0.352 e. The number of rotatable bonds is 6. The van der Waals surface area contributed by atoms with Gasteiger partial charge in [-0.1, -0.05) is 12.1 Å².